The van der Waals surface area contributed by atoms with Crippen LogP contribution in [0.2, 0.25) is 0 Å². The third-order valence-electron chi connectivity index (χ3n) is 2.76. The number of methoxy groups -OCH3 is 1. The van der Waals surface area contributed by atoms with Crippen molar-refractivity contribution < 1.29 is 9.37 Å². The van der Waals surface area contributed by atoms with Crippen molar-refractivity contribution in [3.8, 4) is 5.75 Å². The molecule has 0 aliphatic rings. The van der Waals surface area contributed by atoms with Crippen LogP contribution < -0.4 is 10.3 Å². The van der Waals surface area contributed by atoms with Gasteiger partial charge in [0.25, 0.3) is 5.56 Å². The molecule has 0 amide bonds. The van der Waals surface area contributed by atoms with Crippen molar-refractivity contribution >= 4 is 11.3 Å². The highest BCUT2D eigenvalue weighted by Crippen LogP contribution is 2.19. The number of benzene rings is 1. The number of H-pyrrole nitrogens is 1. The topological polar surface area (TPSA) is 93.9 Å². The minimum absolute atomic E-state index is 0.244. The molecule has 0 bridgehead atoms. The van der Waals surface area contributed by atoms with E-state index in [9.17, 15) is 4.79 Å². The standard InChI is InChI=1S/C12H10N4O3/c1-18-9-5-3-2-4-7(9)6-8-12(17)14-11-10(13-8)15-19-16-11/h2-5H,6H2,1H3,(H,14,16,17). The number of para-hydroxylation sites is 1. The van der Waals surface area contributed by atoms with E-state index in [-0.39, 0.29) is 16.9 Å². The van der Waals surface area contributed by atoms with Crippen LogP contribution in [0.1, 0.15) is 11.3 Å². The van der Waals surface area contributed by atoms with Crippen LogP contribution >= 0.6 is 0 Å². The monoisotopic (exact) mass is 258 g/mol. The van der Waals surface area contributed by atoms with Crippen LogP contribution in [-0.4, -0.2) is 27.4 Å². The van der Waals surface area contributed by atoms with Gasteiger partial charge < -0.3 is 4.74 Å². The average molecular weight is 258 g/mol. The Morgan fingerprint density at radius 1 is 1.32 bits per heavy atom. The number of nitrogens with zero attached hydrogens (tertiary/aromatic N) is 3. The molecule has 0 atom stereocenters. The SMILES string of the molecule is COc1ccccc1Cc1nc2nonc2[nH]c1=O. The van der Waals surface area contributed by atoms with E-state index in [4.69, 9.17) is 4.74 Å². The zero-order valence-electron chi connectivity index (χ0n) is 10.1. The van der Waals surface area contributed by atoms with E-state index in [1.54, 1.807) is 7.11 Å². The molecule has 7 heteroatoms. The first kappa shape index (κ1) is 11.4. The summed E-state index contributed by atoms with van der Waals surface area (Å²) in [6.07, 6.45) is 0.349. The van der Waals surface area contributed by atoms with Crippen LogP contribution in [0.4, 0.5) is 0 Å². The second kappa shape index (κ2) is 4.52. The number of aromatic amines is 1. The van der Waals surface area contributed by atoms with Gasteiger partial charge in [0, 0.05) is 12.0 Å². The van der Waals surface area contributed by atoms with Crippen LogP contribution in [0.25, 0.3) is 11.3 Å². The van der Waals surface area contributed by atoms with Gasteiger partial charge in [0.05, 0.1) is 7.11 Å². The van der Waals surface area contributed by atoms with Gasteiger partial charge in [-0.25, -0.2) is 9.61 Å². The third kappa shape index (κ3) is 2.05. The molecule has 0 saturated carbocycles. The van der Waals surface area contributed by atoms with Gasteiger partial charge >= 0.3 is 0 Å². The van der Waals surface area contributed by atoms with Crippen LogP contribution in [0.15, 0.2) is 33.7 Å². The minimum Gasteiger partial charge on any atom is -0.496 e. The summed E-state index contributed by atoms with van der Waals surface area (Å²) >= 11 is 0. The number of rotatable bonds is 3. The zero-order valence-corrected chi connectivity index (χ0v) is 10.1. The summed E-state index contributed by atoms with van der Waals surface area (Å²) in [6, 6.07) is 7.46. The second-order valence-corrected chi connectivity index (χ2v) is 3.94. The maximum Gasteiger partial charge on any atom is 0.271 e. The summed E-state index contributed by atoms with van der Waals surface area (Å²) in [6.45, 7) is 0. The molecule has 3 rings (SSSR count). The van der Waals surface area contributed by atoms with Crippen molar-refractivity contribution in [1.29, 1.82) is 0 Å². The molecule has 0 spiro atoms. The summed E-state index contributed by atoms with van der Waals surface area (Å²) in [7, 11) is 1.58. The molecule has 7 nitrogen and oxygen atoms in total. The number of ether oxygens (including phenoxy) is 1. The Balaban J connectivity index is 2.05. The van der Waals surface area contributed by atoms with Crippen LogP contribution in [0, 0.1) is 0 Å². The Morgan fingerprint density at radius 2 is 2.16 bits per heavy atom. The first-order chi connectivity index (χ1) is 9.28. The number of nitrogens with one attached hydrogen (secondary N) is 1. The molecule has 0 saturated heterocycles. The van der Waals surface area contributed by atoms with E-state index in [1.165, 1.54) is 0 Å². The fourth-order valence-corrected chi connectivity index (χ4v) is 1.84. The normalized spacial score (nSPS) is 10.8. The average Bonchev–Trinajstić information content (AvgIpc) is 2.87. The van der Waals surface area contributed by atoms with Crippen molar-refractivity contribution in [2.24, 2.45) is 0 Å². The van der Waals surface area contributed by atoms with Crippen molar-refractivity contribution in [3.05, 3.63) is 45.9 Å². The van der Waals surface area contributed by atoms with Crippen LogP contribution in [0.3, 0.4) is 0 Å². The quantitative estimate of drug-likeness (QED) is 0.750. The molecule has 3 aromatic rings. The maximum atomic E-state index is 11.9. The highest BCUT2D eigenvalue weighted by Gasteiger charge is 2.11. The van der Waals surface area contributed by atoms with Crippen molar-refractivity contribution in [3.63, 3.8) is 0 Å². The molecule has 0 fully saturated rings. The number of fused-ring (bicyclic) bond motifs is 1. The lowest BCUT2D eigenvalue weighted by atomic mass is 10.1. The molecule has 2 heterocycles. The fraction of sp³-hybridized carbons (Fsp3) is 0.167. The summed E-state index contributed by atoms with van der Waals surface area (Å²) < 4.78 is 9.76. The van der Waals surface area contributed by atoms with Gasteiger partial charge in [-0.2, -0.15) is 0 Å². The lowest BCUT2D eigenvalue weighted by Crippen LogP contribution is -2.15. The highest BCUT2D eigenvalue weighted by atomic mass is 16.6. The minimum atomic E-state index is -0.311. The Kier molecular flexibility index (Phi) is 2.71. The first-order valence-electron chi connectivity index (χ1n) is 5.61. The van der Waals surface area contributed by atoms with E-state index >= 15 is 0 Å². The van der Waals surface area contributed by atoms with Crippen molar-refractivity contribution in [2.75, 3.05) is 7.11 Å². The lowest BCUT2D eigenvalue weighted by molar-refractivity contribution is 0.314. The van der Waals surface area contributed by atoms with Crippen molar-refractivity contribution in [1.82, 2.24) is 20.3 Å². The molecule has 1 aromatic carbocycles. The molecule has 0 radical (unpaired) electrons. The Hall–Kier alpha value is -2.70. The third-order valence-corrected chi connectivity index (χ3v) is 2.76. The predicted octanol–water partition coefficient (Wildman–Crippen LogP) is 0.905. The summed E-state index contributed by atoms with van der Waals surface area (Å²) in [5, 5.41) is 7.14. The molecule has 19 heavy (non-hydrogen) atoms. The molecule has 1 N–H and O–H groups in total. The van der Waals surface area contributed by atoms with Gasteiger partial charge in [0.2, 0.25) is 11.3 Å². The highest BCUT2D eigenvalue weighted by molar-refractivity contribution is 5.62. The molecule has 0 unspecified atom stereocenters. The molecular weight excluding hydrogens is 248 g/mol. The summed E-state index contributed by atoms with van der Waals surface area (Å²) in [5.74, 6) is 0.710. The van der Waals surface area contributed by atoms with E-state index < -0.39 is 0 Å². The van der Waals surface area contributed by atoms with Gasteiger partial charge in [0.15, 0.2) is 0 Å². The fourth-order valence-electron chi connectivity index (χ4n) is 1.84. The summed E-state index contributed by atoms with van der Waals surface area (Å²) in [5.41, 5.74) is 1.43. The van der Waals surface area contributed by atoms with Gasteiger partial charge in [-0.15, -0.1) is 0 Å². The second-order valence-electron chi connectivity index (χ2n) is 3.94. The number of hydrogen-bond donors (Lipinski definition) is 1. The number of aromatic nitrogens is 4. The van der Waals surface area contributed by atoms with E-state index in [2.05, 4.69) is 24.9 Å². The van der Waals surface area contributed by atoms with Gasteiger partial charge in [-0.1, -0.05) is 18.2 Å². The van der Waals surface area contributed by atoms with Crippen LogP contribution in [0.5, 0.6) is 5.75 Å². The van der Waals surface area contributed by atoms with E-state index in [0.717, 1.165) is 5.56 Å². The Bertz CT molecular complexity index is 778. The van der Waals surface area contributed by atoms with Gasteiger partial charge in [0.1, 0.15) is 11.4 Å². The Morgan fingerprint density at radius 3 is 3.00 bits per heavy atom. The van der Waals surface area contributed by atoms with Gasteiger partial charge in [-0.05, 0) is 16.4 Å². The van der Waals surface area contributed by atoms with Crippen LogP contribution in [-0.2, 0) is 6.42 Å². The smallest absolute Gasteiger partial charge is 0.271 e. The largest absolute Gasteiger partial charge is 0.496 e. The predicted molar refractivity (Wildman–Crippen MR) is 66.0 cm³/mol. The summed E-state index contributed by atoms with van der Waals surface area (Å²) in [4.78, 5) is 18.6. The Labute approximate surface area is 107 Å². The molecule has 2 aromatic heterocycles. The molecule has 0 aliphatic carbocycles. The molecule has 96 valence electrons. The maximum absolute atomic E-state index is 11.9. The van der Waals surface area contributed by atoms with Gasteiger partial charge in [-0.3, -0.25) is 9.78 Å². The first-order valence-corrected chi connectivity index (χ1v) is 5.61. The zero-order chi connectivity index (χ0) is 13.2. The lowest BCUT2D eigenvalue weighted by Gasteiger charge is -2.06. The molecule has 0 aliphatic heterocycles. The van der Waals surface area contributed by atoms with E-state index in [0.29, 0.717) is 17.9 Å². The van der Waals surface area contributed by atoms with E-state index in [1.807, 2.05) is 24.3 Å². The number of hydrogen-bond acceptors (Lipinski definition) is 6. The van der Waals surface area contributed by atoms with Crippen molar-refractivity contribution in [2.45, 2.75) is 6.42 Å². The molecular formula is C12H10N4O3.